The molecular weight excluding hydrogens is 396 g/mol. The first-order chi connectivity index (χ1) is 14.7. The van der Waals surface area contributed by atoms with Crippen molar-refractivity contribution in [3.8, 4) is 28.4 Å². The molecule has 0 aliphatic carbocycles. The summed E-state index contributed by atoms with van der Waals surface area (Å²) in [6.45, 7) is 0. The molecule has 1 aromatic heterocycles. The van der Waals surface area contributed by atoms with Crippen LogP contribution < -0.4 is 9.47 Å². The lowest BCUT2D eigenvalue weighted by Crippen LogP contribution is -2.03. The van der Waals surface area contributed by atoms with Gasteiger partial charge in [0.2, 0.25) is 0 Å². The van der Waals surface area contributed by atoms with Crippen LogP contribution in [0.15, 0.2) is 79.0 Å². The second-order valence-corrected chi connectivity index (χ2v) is 7.34. The number of halogens is 1. The maximum Gasteiger partial charge on any atom is 0.131 e. The summed E-state index contributed by atoms with van der Waals surface area (Å²) in [6, 6.07) is 24.2. The van der Waals surface area contributed by atoms with Gasteiger partial charge in [0.25, 0.3) is 0 Å². The zero-order valence-corrected chi connectivity index (χ0v) is 17.8. The molecule has 4 rings (SSSR count). The van der Waals surface area contributed by atoms with Gasteiger partial charge in [-0.15, -0.1) is 0 Å². The van der Waals surface area contributed by atoms with Crippen molar-refractivity contribution in [2.75, 3.05) is 14.2 Å². The van der Waals surface area contributed by atoms with E-state index >= 15 is 0 Å². The molecule has 4 nitrogen and oxygen atoms in total. The van der Waals surface area contributed by atoms with Crippen molar-refractivity contribution in [2.24, 2.45) is 0 Å². The summed E-state index contributed by atoms with van der Waals surface area (Å²) in [4.78, 5) is 0. The smallest absolute Gasteiger partial charge is 0.131 e. The second-order valence-electron chi connectivity index (χ2n) is 6.93. The van der Waals surface area contributed by atoms with Crippen LogP contribution in [0.4, 0.5) is 0 Å². The molecule has 0 saturated heterocycles. The third kappa shape index (κ3) is 4.05. The van der Waals surface area contributed by atoms with E-state index in [1.165, 1.54) is 5.56 Å². The van der Waals surface area contributed by atoms with E-state index in [0.717, 1.165) is 46.8 Å². The zero-order valence-electron chi connectivity index (χ0n) is 17.0. The van der Waals surface area contributed by atoms with Crippen LogP contribution in [0.3, 0.4) is 0 Å². The van der Waals surface area contributed by atoms with E-state index in [0.29, 0.717) is 5.02 Å². The third-order valence-electron chi connectivity index (χ3n) is 5.13. The van der Waals surface area contributed by atoms with Gasteiger partial charge < -0.3 is 9.47 Å². The molecule has 0 atom stereocenters. The number of para-hydroxylation sites is 1. The lowest BCUT2D eigenvalue weighted by atomic mass is 9.99. The fraction of sp³-hybridized carbons (Fsp3) is 0.160. The number of benzene rings is 3. The summed E-state index contributed by atoms with van der Waals surface area (Å²) in [5, 5.41) is 5.15. The Hall–Kier alpha value is -3.24. The highest BCUT2D eigenvalue weighted by atomic mass is 35.5. The molecule has 5 heteroatoms. The molecule has 0 spiro atoms. The Balaban J connectivity index is 1.77. The standard InChI is InChI=1S/C25H23ClN2O2/c1-29-24-17-25(30-2)20(16-19(24)13-12-18-8-4-3-5-9-18)22-14-15-27-28(22)23-11-7-6-10-21(23)26/h3-11,14-17H,12-13H2,1-2H3. The van der Waals surface area contributed by atoms with E-state index in [4.69, 9.17) is 21.1 Å². The summed E-state index contributed by atoms with van der Waals surface area (Å²) in [6.07, 6.45) is 3.54. The predicted octanol–water partition coefficient (Wildman–Crippen LogP) is 6.00. The summed E-state index contributed by atoms with van der Waals surface area (Å²) in [7, 11) is 3.35. The van der Waals surface area contributed by atoms with E-state index in [1.807, 2.05) is 47.1 Å². The van der Waals surface area contributed by atoms with Gasteiger partial charge in [0, 0.05) is 11.6 Å². The van der Waals surface area contributed by atoms with Gasteiger partial charge in [0.1, 0.15) is 11.5 Å². The van der Waals surface area contributed by atoms with Crippen molar-refractivity contribution in [3.05, 3.63) is 95.1 Å². The molecule has 0 aliphatic heterocycles. The van der Waals surface area contributed by atoms with Gasteiger partial charge in [-0.2, -0.15) is 5.10 Å². The van der Waals surface area contributed by atoms with Crippen molar-refractivity contribution in [2.45, 2.75) is 12.8 Å². The van der Waals surface area contributed by atoms with Gasteiger partial charge in [0.15, 0.2) is 0 Å². The van der Waals surface area contributed by atoms with Crippen LogP contribution in [-0.2, 0) is 12.8 Å². The summed E-state index contributed by atoms with van der Waals surface area (Å²) in [5.41, 5.74) is 5.08. The van der Waals surface area contributed by atoms with Crippen molar-refractivity contribution in [1.82, 2.24) is 9.78 Å². The van der Waals surface area contributed by atoms with Crippen LogP contribution >= 0.6 is 11.6 Å². The number of nitrogens with zero attached hydrogens (tertiary/aromatic N) is 2. The molecule has 0 N–H and O–H groups in total. The van der Waals surface area contributed by atoms with Crippen LogP contribution in [0, 0.1) is 0 Å². The Labute approximate surface area is 181 Å². The monoisotopic (exact) mass is 418 g/mol. The molecular formula is C25H23ClN2O2. The minimum absolute atomic E-state index is 0.638. The normalized spacial score (nSPS) is 10.8. The van der Waals surface area contributed by atoms with Crippen molar-refractivity contribution in [1.29, 1.82) is 0 Å². The summed E-state index contributed by atoms with van der Waals surface area (Å²) >= 11 is 6.43. The summed E-state index contributed by atoms with van der Waals surface area (Å²) < 4.78 is 13.2. The van der Waals surface area contributed by atoms with Gasteiger partial charge in [0.05, 0.1) is 36.8 Å². The number of aryl methyl sites for hydroxylation is 2. The van der Waals surface area contributed by atoms with Gasteiger partial charge in [-0.3, -0.25) is 0 Å². The van der Waals surface area contributed by atoms with Crippen molar-refractivity contribution in [3.63, 3.8) is 0 Å². The topological polar surface area (TPSA) is 36.3 Å². The molecule has 152 valence electrons. The minimum atomic E-state index is 0.638. The average molecular weight is 419 g/mol. The van der Waals surface area contributed by atoms with E-state index in [-0.39, 0.29) is 0 Å². The number of rotatable bonds is 7. The fourth-order valence-electron chi connectivity index (χ4n) is 3.61. The van der Waals surface area contributed by atoms with Crippen LogP contribution in [-0.4, -0.2) is 24.0 Å². The first-order valence-electron chi connectivity index (χ1n) is 9.79. The largest absolute Gasteiger partial charge is 0.496 e. The zero-order chi connectivity index (χ0) is 20.9. The molecule has 0 saturated carbocycles. The molecule has 0 aliphatic rings. The van der Waals surface area contributed by atoms with Crippen LogP contribution in [0.5, 0.6) is 11.5 Å². The Kier molecular flexibility index (Phi) is 6.05. The van der Waals surface area contributed by atoms with E-state index in [2.05, 4.69) is 35.4 Å². The molecule has 0 amide bonds. The second kappa shape index (κ2) is 9.06. The van der Waals surface area contributed by atoms with Gasteiger partial charge in [-0.25, -0.2) is 4.68 Å². The van der Waals surface area contributed by atoms with Crippen molar-refractivity contribution < 1.29 is 9.47 Å². The number of ether oxygens (including phenoxy) is 2. The van der Waals surface area contributed by atoms with Crippen LogP contribution in [0.2, 0.25) is 5.02 Å². The molecule has 3 aromatic carbocycles. The fourth-order valence-corrected chi connectivity index (χ4v) is 3.82. The minimum Gasteiger partial charge on any atom is -0.496 e. The predicted molar refractivity (Wildman–Crippen MR) is 121 cm³/mol. The first-order valence-corrected chi connectivity index (χ1v) is 10.2. The van der Waals surface area contributed by atoms with Gasteiger partial charge >= 0.3 is 0 Å². The summed E-state index contributed by atoms with van der Waals surface area (Å²) in [5.74, 6) is 1.54. The van der Waals surface area contributed by atoms with Crippen LogP contribution in [0.25, 0.3) is 16.9 Å². The van der Waals surface area contributed by atoms with Gasteiger partial charge in [-0.1, -0.05) is 54.1 Å². The average Bonchev–Trinajstić information content (AvgIpc) is 3.27. The lowest BCUT2D eigenvalue weighted by Gasteiger charge is -2.16. The Bertz CT molecular complexity index is 1140. The molecule has 4 aromatic rings. The third-order valence-corrected chi connectivity index (χ3v) is 5.45. The Morgan fingerprint density at radius 1 is 0.833 bits per heavy atom. The molecule has 0 fully saturated rings. The van der Waals surface area contributed by atoms with Crippen molar-refractivity contribution >= 4 is 11.6 Å². The number of aromatic nitrogens is 2. The molecule has 0 unspecified atom stereocenters. The Morgan fingerprint density at radius 3 is 2.30 bits per heavy atom. The lowest BCUT2D eigenvalue weighted by molar-refractivity contribution is 0.392. The molecule has 1 heterocycles. The van der Waals surface area contributed by atoms with E-state index < -0.39 is 0 Å². The maximum absolute atomic E-state index is 6.43. The highest BCUT2D eigenvalue weighted by molar-refractivity contribution is 6.32. The highest BCUT2D eigenvalue weighted by Gasteiger charge is 2.17. The number of hydrogen-bond acceptors (Lipinski definition) is 3. The molecule has 0 bridgehead atoms. The quantitative estimate of drug-likeness (QED) is 0.369. The van der Waals surface area contributed by atoms with Gasteiger partial charge in [-0.05, 0) is 48.2 Å². The molecule has 0 radical (unpaired) electrons. The number of hydrogen-bond donors (Lipinski definition) is 0. The van der Waals surface area contributed by atoms with Crippen LogP contribution in [0.1, 0.15) is 11.1 Å². The SMILES string of the molecule is COc1cc(OC)c(-c2ccnn2-c2ccccc2Cl)cc1CCc1ccccc1. The first kappa shape index (κ1) is 20.0. The van der Waals surface area contributed by atoms with E-state index in [1.54, 1.807) is 20.4 Å². The number of methoxy groups -OCH3 is 2. The highest BCUT2D eigenvalue weighted by Crippen LogP contribution is 2.38. The maximum atomic E-state index is 6.43. The van der Waals surface area contributed by atoms with E-state index in [9.17, 15) is 0 Å². The Morgan fingerprint density at radius 2 is 1.57 bits per heavy atom. The molecule has 30 heavy (non-hydrogen) atoms.